The van der Waals surface area contributed by atoms with E-state index in [1.165, 1.54) is 6.26 Å². The van der Waals surface area contributed by atoms with Crippen molar-refractivity contribution in [1.29, 1.82) is 0 Å². The summed E-state index contributed by atoms with van der Waals surface area (Å²) in [4.78, 5) is 11.5. The summed E-state index contributed by atoms with van der Waals surface area (Å²) >= 11 is 0. The Labute approximate surface area is 109 Å². The van der Waals surface area contributed by atoms with Crippen molar-refractivity contribution < 1.29 is 13.2 Å². The van der Waals surface area contributed by atoms with E-state index in [1.807, 2.05) is 0 Å². The first-order valence-corrected chi connectivity index (χ1v) is 8.64. The molecule has 0 aromatic carbocycles. The minimum Gasteiger partial charge on any atom is -0.353 e. The van der Waals surface area contributed by atoms with Gasteiger partial charge in [-0.3, -0.25) is 4.79 Å². The van der Waals surface area contributed by atoms with Crippen molar-refractivity contribution in [2.75, 3.05) is 12.8 Å². The van der Waals surface area contributed by atoms with Crippen LogP contribution in [0.4, 0.5) is 0 Å². The SMILES string of the molecule is CS(=O)(=O)C1CCCC1NCCC(=O)NC1CC1. The van der Waals surface area contributed by atoms with Gasteiger partial charge in [0.1, 0.15) is 0 Å². The van der Waals surface area contributed by atoms with E-state index in [2.05, 4.69) is 10.6 Å². The maximum absolute atomic E-state index is 11.6. The van der Waals surface area contributed by atoms with Gasteiger partial charge >= 0.3 is 0 Å². The second-order valence-corrected chi connectivity index (χ2v) is 7.72. The smallest absolute Gasteiger partial charge is 0.221 e. The zero-order valence-corrected chi connectivity index (χ0v) is 11.6. The van der Waals surface area contributed by atoms with Crippen LogP contribution in [-0.2, 0) is 14.6 Å². The van der Waals surface area contributed by atoms with Gasteiger partial charge in [0.2, 0.25) is 5.91 Å². The Hall–Kier alpha value is -0.620. The molecule has 0 saturated heterocycles. The number of hydrogen-bond donors (Lipinski definition) is 2. The van der Waals surface area contributed by atoms with Gasteiger partial charge < -0.3 is 10.6 Å². The van der Waals surface area contributed by atoms with E-state index >= 15 is 0 Å². The number of rotatable bonds is 6. The van der Waals surface area contributed by atoms with E-state index in [-0.39, 0.29) is 17.2 Å². The molecule has 2 fully saturated rings. The number of hydrogen-bond acceptors (Lipinski definition) is 4. The third kappa shape index (κ3) is 3.95. The number of nitrogens with one attached hydrogen (secondary N) is 2. The monoisotopic (exact) mass is 274 g/mol. The van der Waals surface area contributed by atoms with E-state index in [0.717, 1.165) is 32.1 Å². The van der Waals surface area contributed by atoms with Crippen molar-refractivity contribution >= 4 is 15.7 Å². The summed E-state index contributed by atoms with van der Waals surface area (Å²) in [6.07, 6.45) is 6.51. The summed E-state index contributed by atoms with van der Waals surface area (Å²) < 4.78 is 23.2. The van der Waals surface area contributed by atoms with Gasteiger partial charge in [0.15, 0.2) is 9.84 Å². The van der Waals surface area contributed by atoms with Crippen LogP contribution in [0.5, 0.6) is 0 Å². The van der Waals surface area contributed by atoms with Crippen LogP contribution in [0.15, 0.2) is 0 Å². The molecule has 2 saturated carbocycles. The van der Waals surface area contributed by atoms with Crippen molar-refractivity contribution in [1.82, 2.24) is 10.6 Å². The lowest BCUT2D eigenvalue weighted by molar-refractivity contribution is -0.121. The Morgan fingerprint density at radius 1 is 1.22 bits per heavy atom. The van der Waals surface area contributed by atoms with Crippen LogP contribution in [0.25, 0.3) is 0 Å². The van der Waals surface area contributed by atoms with Crippen LogP contribution in [0.2, 0.25) is 0 Å². The Balaban J connectivity index is 1.70. The number of sulfone groups is 1. The molecule has 0 heterocycles. The lowest BCUT2D eigenvalue weighted by Crippen LogP contribution is -2.41. The lowest BCUT2D eigenvalue weighted by Gasteiger charge is -2.19. The predicted molar refractivity (Wildman–Crippen MR) is 70.1 cm³/mol. The molecule has 0 bridgehead atoms. The average molecular weight is 274 g/mol. The quantitative estimate of drug-likeness (QED) is 0.726. The maximum atomic E-state index is 11.6. The number of carbonyl (C=O) groups excluding carboxylic acids is 1. The molecule has 2 unspecified atom stereocenters. The standard InChI is InChI=1S/C12H22N2O3S/c1-18(16,17)11-4-2-3-10(11)13-8-7-12(15)14-9-5-6-9/h9-11,13H,2-8H2,1H3,(H,14,15). The fraction of sp³-hybridized carbons (Fsp3) is 0.917. The third-order valence-corrected chi connectivity index (χ3v) is 5.37. The highest BCUT2D eigenvalue weighted by Crippen LogP contribution is 2.25. The van der Waals surface area contributed by atoms with Crippen LogP contribution in [0, 0.1) is 0 Å². The summed E-state index contributed by atoms with van der Waals surface area (Å²) in [6.45, 7) is 0.565. The van der Waals surface area contributed by atoms with Gasteiger partial charge in [-0.15, -0.1) is 0 Å². The Bertz CT molecular complexity index is 404. The molecule has 2 aliphatic rings. The lowest BCUT2D eigenvalue weighted by atomic mass is 10.2. The largest absolute Gasteiger partial charge is 0.353 e. The highest BCUT2D eigenvalue weighted by Gasteiger charge is 2.34. The zero-order valence-electron chi connectivity index (χ0n) is 10.8. The highest BCUT2D eigenvalue weighted by molar-refractivity contribution is 7.91. The van der Waals surface area contributed by atoms with E-state index in [4.69, 9.17) is 0 Å². The normalized spacial score (nSPS) is 28.3. The molecule has 5 nitrogen and oxygen atoms in total. The van der Waals surface area contributed by atoms with E-state index in [1.54, 1.807) is 0 Å². The summed E-state index contributed by atoms with van der Waals surface area (Å²) in [5.74, 6) is 0.0684. The molecule has 2 aliphatic carbocycles. The molecular weight excluding hydrogens is 252 g/mol. The van der Waals surface area contributed by atoms with Gasteiger partial charge in [-0.1, -0.05) is 6.42 Å². The van der Waals surface area contributed by atoms with E-state index in [0.29, 0.717) is 19.0 Å². The summed E-state index contributed by atoms with van der Waals surface area (Å²) in [6, 6.07) is 0.418. The molecule has 0 aromatic heterocycles. The Morgan fingerprint density at radius 2 is 1.94 bits per heavy atom. The van der Waals surface area contributed by atoms with Crippen molar-refractivity contribution in [3.05, 3.63) is 0 Å². The average Bonchev–Trinajstić information content (AvgIpc) is 2.93. The van der Waals surface area contributed by atoms with Crippen LogP contribution < -0.4 is 10.6 Å². The minimum absolute atomic E-state index is 0.0220. The summed E-state index contributed by atoms with van der Waals surface area (Å²) in [5, 5.41) is 5.87. The minimum atomic E-state index is -2.97. The first kappa shape index (κ1) is 13.8. The molecule has 0 radical (unpaired) electrons. The molecule has 0 aromatic rings. The Kier molecular flexibility index (Phi) is 4.27. The number of amides is 1. The van der Waals surface area contributed by atoms with E-state index in [9.17, 15) is 13.2 Å². The second-order valence-electron chi connectivity index (χ2n) is 5.45. The molecule has 2 N–H and O–H groups in total. The first-order valence-electron chi connectivity index (χ1n) is 6.68. The molecule has 18 heavy (non-hydrogen) atoms. The molecule has 1 amide bonds. The summed E-state index contributed by atoms with van der Waals surface area (Å²) in [7, 11) is -2.97. The van der Waals surface area contributed by atoms with Crippen LogP contribution in [0.3, 0.4) is 0 Å². The van der Waals surface area contributed by atoms with Crippen molar-refractivity contribution in [2.45, 2.75) is 55.9 Å². The molecule has 104 valence electrons. The van der Waals surface area contributed by atoms with Crippen LogP contribution >= 0.6 is 0 Å². The molecule has 6 heteroatoms. The summed E-state index contributed by atoms with van der Waals surface area (Å²) in [5.41, 5.74) is 0. The van der Waals surface area contributed by atoms with Gasteiger partial charge in [-0.05, 0) is 25.7 Å². The molecular formula is C12H22N2O3S. The third-order valence-electron chi connectivity index (χ3n) is 3.70. The van der Waals surface area contributed by atoms with Gasteiger partial charge in [-0.2, -0.15) is 0 Å². The Morgan fingerprint density at radius 3 is 2.56 bits per heavy atom. The fourth-order valence-corrected chi connectivity index (χ4v) is 3.99. The fourth-order valence-electron chi connectivity index (χ4n) is 2.57. The van der Waals surface area contributed by atoms with E-state index < -0.39 is 9.84 Å². The first-order chi connectivity index (χ1) is 8.47. The highest BCUT2D eigenvalue weighted by atomic mass is 32.2. The predicted octanol–water partition coefficient (Wildman–Crippen LogP) is 0.210. The van der Waals surface area contributed by atoms with Gasteiger partial charge in [0, 0.05) is 31.3 Å². The van der Waals surface area contributed by atoms with Crippen molar-refractivity contribution in [2.24, 2.45) is 0 Å². The van der Waals surface area contributed by atoms with Crippen molar-refractivity contribution in [3.8, 4) is 0 Å². The van der Waals surface area contributed by atoms with Crippen LogP contribution in [-0.4, -0.2) is 44.5 Å². The van der Waals surface area contributed by atoms with Gasteiger partial charge in [0.25, 0.3) is 0 Å². The topological polar surface area (TPSA) is 75.3 Å². The molecule has 2 rings (SSSR count). The van der Waals surface area contributed by atoms with Crippen LogP contribution in [0.1, 0.15) is 38.5 Å². The number of carbonyl (C=O) groups is 1. The van der Waals surface area contributed by atoms with Crippen molar-refractivity contribution in [3.63, 3.8) is 0 Å². The van der Waals surface area contributed by atoms with Gasteiger partial charge in [-0.25, -0.2) is 8.42 Å². The van der Waals surface area contributed by atoms with Gasteiger partial charge in [0.05, 0.1) is 5.25 Å². The maximum Gasteiger partial charge on any atom is 0.221 e. The second kappa shape index (κ2) is 5.57. The molecule has 0 spiro atoms. The zero-order chi connectivity index (χ0) is 13.2. The molecule has 2 atom stereocenters. The molecule has 0 aliphatic heterocycles.